The van der Waals surface area contributed by atoms with Crippen LogP contribution >= 0.6 is 0 Å². The van der Waals surface area contributed by atoms with Gasteiger partial charge in [-0.3, -0.25) is 4.79 Å². The highest BCUT2D eigenvalue weighted by Gasteiger charge is 2.35. The van der Waals surface area contributed by atoms with E-state index in [1.807, 2.05) is 11.0 Å². The maximum Gasteiger partial charge on any atom is 0.311 e. The number of carbonyl (C=O) groups is 1. The molecule has 0 aliphatic carbocycles. The van der Waals surface area contributed by atoms with Crippen LogP contribution < -0.4 is 0 Å². The maximum atomic E-state index is 12.6. The number of carbonyl (C=O) groups excluding carboxylic acids is 1. The Morgan fingerprint density at radius 2 is 1.97 bits per heavy atom. The number of piperidine rings is 1. The predicted octanol–water partition coefficient (Wildman–Crippen LogP) is 2.46. The SMILES string of the molecule is N#Cc1ccc(COC(=O)[C@@H]2CCCN(C3=NS(=O)(=O)c4ccccc43)C2)cc1. The fourth-order valence-corrected chi connectivity index (χ4v) is 4.85. The summed E-state index contributed by atoms with van der Waals surface area (Å²) in [5, 5.41) is 8.84. The molecule has 2 aromatic rings. The van der Waals surface area contributed by atoms with Crippen molar-refractivity contribution >= 4 is 21.8 Å². The fraction of sp³-hybridized carbons (Fsp3) is 0.286. The molecule has 7 nitrogen and oxygen atoms in total. The molecule has 0 radical (unpaired) electrons. The first-order valence-electron chi connectivity index (χ1n) is 9.33. The molecule has 8 heteroatoms. The quantitative estimate of drug-likeness (QED) is 0.722. The maximum absolute atomic E-state index is 12.6. The van der Waals surface area contributed by atoms with Crippen LogP contribution in [0.2, 0.25) is 0 Å². The minimum atomic E-state index is -3.69. The first-order chi connectivity index (χ1) is 14.0. The number of sulfonamides is 1. The van der Waals surface area contributed by atoms with Crippen LogP contribution in [0.3, 0.4) is 0 Å². The van der Waals surface area contributed by atoms with Crippen molar-refractivity contribution < 1.29 is 17.9 Å². The average molecular weight is 409 g/mol. The van der Waals surface area contributed by atoms with Gasteiger partial charge in [0.1, 0.15) is 11.5 Å². The van der Waals surface area contributed by atoms with Gasteiger partial charge in [0.05, 0.1) is 17.6 Å². The van der Waals surface area contributed by atoms with Gasteiger partial charge in [0.25, 0.3) is 10.0 Å². The highest BCUT2D eigenvalue weighted by Crippen LogP contribution is 2.30. The van der Waals surface area contributed by atoms with Crippen LogP contribution in [0.1, 0.15) is 29.5 Å². The van der Waals surface area contributed by atoms with Crippen molar-refractivity contribution in [1.82, 2.24) is 4.90 Å². The van der Waals surface area contributed by atoms with Gasteiger partial charge >= 0.3 is 5.97 Å². The Kier molecular flexibility index (Phi) is 5.07. The average Bonchev–Trinajstić information content (AvgIpc) is 3.04. The standard InChI is InChI=1S/C21H19N3O4S/c22-12-15-7-9-16(10-8-15)14-28-21(25)17-4-3-11-24(13-17)20-18-5-1-2-6-19(18)29(26,27)23-20/h1-2,5-10,17H,3-4,11,13-14H2/t17-/m1/s1. The van der Waals surface area contributed by atoms with E-state index in [4.69, 9.17) is 10.00 Å². The molecule has 0 bridgehead atoms. The molecule has 0 aromatic heterocycles. The monoisotopic (exact) mass is 409 g/mol. The number of likely N-dealkylation sites (tertiary alicyclic amines) is 1. The van der Waals surface area contributed by atoms with Crippen LogP contribution in [0.15, 0.2) is 57.8 Å². The van der Waals surface area contributed by atoms with Crippen molar-refractivity contribution in [2.45, 2.75) is 24.3 Å². The van der Waals surface area contributed by atoms with Crippen LogP contribution in [0, 0.1) is 17.2 Å². The molecule has 2 aliphatic rings. The summed E-state index contributed by atoms with van der Waals surface area (Å²) >= 11 is 0. The molecule has 2 aromatic carbocycles. The van der Waals surface area contributed by atoms with Gasteiger partial charge in [0, 0.05) is 18.7 Å². The molecule has 0 amide bonds. The van der Waals surface area contributed by atoms with E-state index in [0.29, 0.717) is 36.5 Å². The minimum absolute atomic E-state index is 0.138. The summed E-state index contributed by atoms with van der Waals surface area (Å²) in [6, 6.07) is 15.7. The molecule has 148 valence electrons. The van der Waals surface area contributed by atoms with Gasteiger partial charge in [-0.2, -0.15) is 13.7 Å². The van der Waals surface area contributed by atoms with Crippen LogP contribution in [0.5, 0.6) is 0 Å². The van der Waals surface area contributed by atoms with Gasteiger partial charge in [0.15, 0.2) is 5.84 Å². The van der Waals surface area contributed by atoms with Crippen molar-refractivity contribution in [2.75, 3.05) is 13.1 Å². The number of esters is 1. The molecule has 0 unspecified atom stereocenters. The number of rotatable bonds is 3. The fourth-order valence-electron chi connectivity index (χ4n) is 3.63. The first-order valence-corrected chi connectivity index (χ1v) is 10.8. The largest absolute Gasteiger partial charge is 0.461 e. The van der Waals surface area contributed by atoms with Crippen molar-refractivity contribution in [1.29, 1.82) is 5.26 Å². The topological polar surface area (TPSA) is 99.8 Å². The van der Waals surface area contributed by atoms with Gasteiger partial charge in [0.2, 0.25) is 0 Å². The molecule has 0 saturated carbocycles. The van der Waals surface area contributed by atoms with E-state index >= 15 is 0 Å². The highest BCUT2D eigenvalue weighted by atomic mass is 32.2. The molecule has 0 N–H and O–H groups in total. The number of benzene rings is 2. The minimum Gasteiger partial charge on any atom is -0.461 e. The molecule has 1 atom stereocenters. The number of amidine groups is 1. The van der Waals surface area contributed by atoms with Crippen molar-refractivity contribution in [3.05, 3.63) is 65.2 Å². The Morgan fingerprint density at radius 3 is 2.72 bits per heavy atom. The van der Waals surface area contributed by atoms with Crippen molar-refractivity contribution in [3.8, 4) is 6.07 Å². The zero-order valence-corrected chi connectivity index (χ0v) is 16.4. The number of nitriles is 1. The van der Waals surface area contributed by atoms with Crippen molar-refractivity contribution in [2.24, 2.45) is 10.3 Å². The normalized spacial score (nSPS) is 19.8. The third kappa shape index (κ3) is 3.87. The zero-order chi connectivity index (χ0) is 20.4. The molecule has 2 heterocycles. The summed E-state index contributed by atoms with van der Waals surface area (Å²) < 4.78 is 34.0. The molecule has 0 spiro atoms. The van der Waals surface area contributed by atoms with Gasteiger partial charge in [-0.25, -0.2) is 0 Å². The third-order valence-corrected chi connectivity index (χ3v) is 6.46. The highest BCUT2D eigenvalue weighted by molar-refractivity contribution is 7.90. The van der Waals surface area contributed by atoms with Gasteiger partial charge in [-0.05, 0) is 42.7 Å². The summed E-state index contributed by atoms with van der Waals surface area (Å²) in [5.41, 5.74) is 1.94. The number of nitrogens with zero attached hydrogens (tertiary/aromatic N) is 3. The lowest BCUT2D eigenvalue weighted by Gasteiger charge is -2.32. The van der Waals surface area contributed by atoms with Gasteiger partial charge in [-0.1, -0.05) is 24.3 Å². The summed E-state index contributed by atoms with van der Waals surface area (Å²) in [6.07, 6.45) is 1.43. The third-order valence-electron chi connectivity index (χ3n) is 5.13. The van der Waals surface area contributed by atoms with E-state index < -0.39 is 10.0 Å². The Hall–Kier alpha value is -3.18. The van der Waals surface area contributed by atoms with Crippen molar-refractivity contribution in [3.63, 3.8) is 0 Å². The molecular weight excluding hydrogens is 390 g/mol. The Bertz CT molecular complexity index is 1120. The van der Waals surface area contributed by atoms with Crippen LogP contribution in [-0.4, -0.2) is 38.2 Å². The molecule has 1 fully saturated rings. The van der Waals surface area contributed by atoms with E-state index in [9.17, 15) is 13.2 Å². The zero-order valence-electron chi connectivity index (χ0n) is 15.6. The molecule has 2 aliphatic heterocycles. The van der Waals surface area contributed by atoms with E-state index in [1.54, 1.807) is 48.5 Å². The predicted molar refractivity (Wildman–Crippen MR) is 105 cm³/mol. The number of hydrogen-bond acceptors (Lipinski definition) is 6. The Balaban J connectivity index is 1.43. The lowest BCUT2D eigenvalue weighted by Crippen LogP contribution is -2.42. The Labute approximate surface area is 169 Å². The second-order valence-corrected chi connectivity index (χ2v) is 8.66. The molecule has 1 saturated heterocycles. The van der Waals surface area contributed by atoms with Gasteiger partial charge < -0.3 is 9.64 Å². The van der Waals surface area contributed by atoms with Gasteiger partial charge in [-0.15, -0.1) is 4.40 Å². The second-order valence-electron chi connectivity index (χ2n) is 7.09. The summed E-state index contributed by atoms with van der Waals surface area (Å²) in [4.78, 5) is 14.6. The van der Waals surface area contributed by atoms with Crippen LogP contribution in [0.25, 0.3) is 0 Å². The lowest BCUT2D eigenvalue weighted by molar-refractivity contribution is -0.151. The lowest BCUT2D eigenvalue weighted by atomic mass is 9.97. The number of hydrogen-bond donors (Lipinski definition) is 0. The Morgan fingerprint density at radius 1 is 1.21 bits per heavy atom. The molecule has 4 rings (SSSR count). The first kappa shape index (κ1) is 19.2. The number of fused-ring (bicyclic) bond motifs is 1. The van der Waals surface area contributed by atoms with E-state index in [-0.39, 0.29) is 23.4 Å². The summed E-state index contributed by atoms with van der Waals surface area (Å²) in [6.45, 7) is 1.15. The van der Waals surface area contributed by atoms with E-state index in [1.165, 1.54) is 0 Å². The van der Waals surface area contributed by atoms with Crippen LogP contribution in [0.4, 0.5) is 0 Å². The van der Waals surface area contributed by atoms with Crippen LogP contribution in [-0.2, 0) is 26.2 Å². The smallest absolute Gasteiger partial charge is 0.311 e. The molecular formula is C21H19N3O4S. The number of ether oxygens (including phenoxy) is 1. The van der Waals surface area contributed by atoms with E-state index in [2.05, 4.69) is 4.40 Å². The van der Waals surface area contributed by atoms with E-state index in [0.717, 1.165) is 12.0 Å². The molecule has 29 heavy (non-hydrogen) atoms. The second kappa shape index (κ2) is 7.68. The summed E-state index contributed by atoms with van der Waals surface area (Å²) in [7, 11) is -3.69. The summed E-state index contributed by atoms with van der Waals surface area (Å²) in [5.74, 6) is -0.251.